The summed E-state index contributed by atoms with van der Waals surface area (Å²) in [5.74, 6) is 1.61. The van der Waals surface area contributed by atoms with Crippen molar-refractivity contribution in [2.24, 2.45) is 5.92 Å². The second-order valence-electron chi connectivity index (χ2n) is 5.35. The van der Waals surface area contributed by atoms with Gasteiger partial charge in [0.2, 0.25) is 5.91 Å². The van der Waals surface area contributed by atoms with Gasteiger partial charge in [-0.3, -0.25) is 9.89 Å². The fourth-order valence-electron chi connectivity index (χ4n) is 3.18. The zero-order chi connectivity index (χ0) is 14.4. The van der Waals surface area contributed by atoms with Gasteiger partial charge in [-0.2, -0.15) is 5.10 Å². The predicted octanol–water partition coefficient (Wildman–Crippen LogP) is 2.75. The molecule has 1 aromatic carbocycles. The summed E-state index contributed by atoms with van der Waals surface area (Å²) in [6.45, 7) is 0. The lowest BCUT2D eigenvalue weighted by Gasteiger charge is -2.09. The highest BCUT2D eigenvalue weighted by Crippen LogP contribution is 2.56. The Balaban J connectivity index is 1.32. The minimum Gasteiger partial charge on any atom is -0.352 e. The van der Waals surface area contributed by atoms with Crippen LogP contribution in [0.5, 0.6) is 0 Å². The van der Waals surface area contributed by atoms with Gasteiger partial charge in [0.1, 0.15) is 0 Å². The summed E-state index contributed by atoms with van der Waals surface area (Å²) in [6.07, 6.45) is 1.10. The summed E-state index contributed by atoms with van der Waals surface area (Å²) in [5, 5.41) is 9.92. The van der Waals surface area contributed by atoms with E-state index in [2.05, 4.69) is 39.8 Å². The number of hydrogen-bond acceptors (Lipinski definition) is 5. The van der Waals surface area contributed by atoms with Crippen molar-refractivity contribution in [3.63, 3.8) is 0 Å². The fraction of sp³-hybridized carbons (Fsp3) is 0.357. The molecule has 0 spiro atoms. The lowest BCUT2D eigenvalue weighted by molar-refractivity contribution is -0.118. The molecule has 1 heterocycles. The molecule has 21 heavy (non-hydrogen) atoms. The lowest BCUT2D eigenvalue weighted by Crippen LogP contribution is -2.30. The molecule has 1 aromatic heterocycles. The van der Waals surface area contributed by atoms with Gasteiger partial charge in [0.15, 0.2) is 8.29 Å². The molecule has 0 aliphatic heterocycles. The van der Waals surface area contributed by atoms with E-state index in [1.807, 2.05) is 0 Å². The molecule has 7 heteroatoms. The van der Waals surface area contributed by atoms with Crippen LogP contribution >= 0.6 is 35.3 Å². The molecule has 0 unspecified atom stereocenters. The molecule has 2 aromatic rings. The summed E-state index contributed by atoms with van der Waals surface area (Å²) >= 11 is 7.80. The maximum Gasteiger partial charge on any atom is 0.230 e. The van der Waals surface area contributed by atoms with Gasteiger partial charge >= 0.3 is 0 Å². The van der Waals surface area contributed by atoms with Crippen LogP contribution in [0.4, 0.5) is 0 Å². The van der Waals surface area contributed by atoms with Gasteiger partial charge in [-0.05, 0) is 35.7 Å². The average molecular weight is 335 g/mol. The summed E-state index contributed by atoms with van der Waals surface area (Å²) in [7, 11) is 0. The SMILES string of the molecule is O=C(CSc1n[nH]c(=S)s1)N[C@@H]1[C@H]2Cc3ccccc3[C@@H]21. The second-order valence-corrected chi connectivity index (χ2v) is 8.24. The molecule has 108 valence electrons. The predicted molar refractivity (Wildman–Crippen MR) is 86.3 cm³/mol. The number of aromatic amines is 1. The first-order valence-corrected chi connectivity index (χ1v) is 8.99. The third-order valence-electron chi connectivity index (χ3n) is 4.11. The van der Waals surface area contributed by atoms with Crippen LogP contribution in [0.15, 0.2) is 28.6 Å². The van der Waals surface area contributed by atoms with Gasteiger partial charge < -0.3 is 5.32 Å². The third kappa shape index (κ3) is 2.54. The van der Waals surface area contributed by atoms with Crippen molar-refractivity contribution in [3.8, 4) is 0 Å². The van der Waals surface area contributed by atoms with Gasteiger partial charge in [-0.15, -0.1) is 0 Å². The van der Waals surface area contributed by atoms with Crippen molar-refractivity contribution in [2.75, 3.05) is 5.75 Å². The van der Waals surface area contributed by atoms with Crippen molar-refractivity contribution in [1.29, 1.82) is 0 Å². The molecule has 0 saturated heterocycles. The summed E-state index contributed by atoms with van der Waals surface area (Å²) in [4.78, 5) is 12.0. The number of hydrogen-bond donors (Lipinski definition) is 2. The Morgan fingerprint density at radius 3 is 3.19 bits per heavy atom. The van der Waals surface area contributed by atoms with E-state index in [1.54, 1.807) is 0 Å². The Morgan fingerprint density at radius 1 is 1.52 bits per heavy atom. The molecular formula is C14H13N3OS3. The third-order valence-corrected chi connectivity index (χ3v) is 6.34. The fourth-order valence-corrected chi connectivity index (χ4v) is 5.07. The first-order chi connectivity index (χ1) is 10.2. The topological polar surface area (TPSA) is 57.8 Å². The van der Waals surface area contributed by atoms with Crippen molar-refractivity contribution >= 4 is 41.2 Å². The largest absolute Gasteiger partial charge is 0.352 e. The highest BCUT2D eigenvalue weighted by molar-refractivity contribution is 8.01. The van der Waals surface area contributed by atoms with Gasteiger partial charge in [-0.25, -0.2) is 0 Å². The monoisotopic (exact) mass is 335 g/mol. The molecule has 1 fully saturated rings. The van der Waals surface area contributed by atoms with E-state index in [1.165, 1.54) is 34.2 Å². The number of benzene rings is 1. The Bertz CT molecular complexity index is 754. The smallest absolute Gasteiger partial charge is 0.230 e. The molecule has 4 rings (SSSR count). The number of rotatable bonds is 4. The molecular weight excluding hydrogens is 322 g/mol. The molecule has 3 atom stereocenters. The molecule has 2 aliphatic rings. The van der Waals surface area contributed by atoms with E-state index in [4.69, 9.17) is 12.2 Å². The van der Waals surface area contributed by atoms with E-state index < -0.39 is 0 Å². The highest BCUT2D eigenvalue weighted by atomic mass is 32.2. The molecule has 0 radical (unpaired) electrons. The number of aromatic nitrogens is 2. The maximum atomic E-state index is 12.0. The van der Waals surface area contributed by atoms with Crippen LogP contribution in [0.2, 0.25) is 0 Å². The summed E-state index contributed by atoms with van der Waals surface area (Å²) < 4.78 is 1.46. The molecule has 1 saturated carbocycles. The maximum absolute atomic E-state index is 12.0. The Labute approximate surface area is 135 Å². The zero-order valence-corrected chi connectivity index (χ0v) is 13.5. The van der Waals surface area contributed by atoms with E-state index in [0.29, 0.717) is 27.6 Å². The van der Waals surface area contributed by atoms with Gasteiger partial charge in [-0.1, -0.05) is 47.4 Å². The van der Waals surface area contributed by atoms with Gasteiger partial charge in [0.05, 0.1) is 5.75 Å². The quantitative estimate of drug-likeness (QED) is 0.666. The number of carbonyl (C=O) groups is 1. The number of nitrogens with one attached hydrogen (secondary N) is 2. The van der Waals surface area contributed by atoms with Crippen molar-refractivity contribution in [3.05, 3.63) is 39.3 Å². The first-order valence-electron chi connectivity index (χ1n) is 6.78. The molecule has 2 N–H and O–H groups in total. The molecule has 1 amide bonds. The van der Waals surface area contributed by atoms with Crippen LogP contribution in [0.1, 0.15) is 17.0 Å². The van der Waals surface area contributed by atoms with E-state index in [9.17, 15) is 4.79 Å². The molecule has 2 aliphatic carbocycles. The van der Waals surface area contributed by atoms with Crippen LogP contribution in [0, 0.1) is 9.87 Å². The highest BCUT2D eigenvalue weighted by Gasteiger charge is 2.56. The normalized spacial score (nSPS) is 25.2. The Morgan fingerprint density at radius 2 is 2.38 bits per heavy atom. The van der Waals surface area contributed by atoms with E-state index in [0.717, 1.165) is 10.8 Å². The van der Waals surface area contributed by atoms with E-state index >= 15 is 0 Å². The van der Waals surface area contributed by atoms with Gasteiger partial charge in [0, 0.05) is 12.0 Å². The van der Waals surface area contributed by atoms with E-state index in [-0.39, 0.29) is 5.91 Å². The van der Waals surface area contributed by atoms with Crippen LogP contribution in [0.25, 0.3) is 0 Å². The summed E-state index contributed by atoms with van der Waals surface area (Å²) in [6, 6.07) is 8.88. The minimum atomic E-state index is 0.0815. The van der Waals surface area contributed by atoms with Crippen molar-refractivity contribution < 1.29 is 4.79 Å². The Kier molecular flexibility index (Phi) is 3.35. The first kappa shape index (κ1) is 13.5. The number of H-pyrrole nitrogens is 1. The van der Waals surface area contributed by atoms with Crippen LogP contribution in [0.3, 0.4) is 0 Å². The number of thioether (sulfide) groups is 1. The lowest BCUT2D eigenvalue weighted by atomic mass is 10.1. The van der Waals surface area contributed by atoms with Crippen LogP contribution in [-0.4, -0.2) is 27.9 Å². The Hall–Kier alpha value is -1.18. The second kappa shape index (κ2) is 5.23. The number of carbonyl (C=O) groups excluding carboxylic acids is 1. The van der Waals surface area contributed by atoms with Crippen molar-refractivity contribution in [1.82, 2.24) is 15.5 Å². The standard InChI is InChI=1S/C14H13N3OS3/c18-10(6-20-14-17-16-13(19)21-14)15-12-9-5-7-3-1-2-4-8(7)11(9)12/h1-4,9,11-12H,5-6H2,(H,15,18)(H,16,19)/t9-,11-,12+/m0/s1. The molecule has 4 nitrogen and oxygen atoms in total. The molecule has 0 bridgehead atoms. The van der Waals surface area contributed by atoms with Gasteiger partial charge in [0.25, 0.3) is 0 Å². The average Bonchev–Trinajstić information content (AvgIpc) is 2.86. The summed E-state index contributed by atoms with van der Waals surface area (Å²) in [5.41, 5.74) is 2.87. The minimum absolute atomic E-state index is 0.0815. The van der Waals surface area contributed by atoms with Crippen LogP contribution < -0.4 is 5.32 Å². The number of nitrogens with zero attached hydrogens (tertiary/aromatic N) is 1. The zero-order valence-electron chi connectivity index (χ0n) is 11.0. The van der Waals surface area contributed by atoms with Crippen molar-refractivity contribution in [2.45, 2.75) is 22.7 Å². The number of fused-ring (bicyclic) bond motifs is 3. The van der Waals surface area contributed by atoms with Crippen LogP contribution in [-0.2, 0) is 11.2 Å². The number of amides is 1.